The van der Waals surface area contributed by atoms with Crippen LogP contribution >= 0.6 is 0 Å². The van der Waals surface area contributed by atoms with Crippen LogP contribution in [0.1, 0.15) is 20.3 Å². The van der Waals surface area contributed by atoms with E-state index in [2.05, 4.69) is 18.8 Å². The molecule has 0 amide bonds. The molecule has 0 aromatic rings. The first kappa shape index (κ1) is 11.4. The van der Waals surface area contributed by atoms with Gasteiger partial charge >= 0.3 is 0 Å². The molecule has 0 atom stereocenters. The van der Waals surface area contributed by atoms with Crippen molar-refractivity contribution in [1.82, 2.24) is 0 Å². The van der Waals surface area contributed by atoms with Crippen molar-refractivity contribution >= 4 is 16.1 Å². The van der Waals surface area contributed by atoms with Crippen LogP contribution < -0.4 is 0 Å². The fourth-order valence-corrected chi connectivity index (χ4v) is 0.770. The summed E-state index contributed by atoms with van der Waals surface area (Å²) in [7, 11) is -3.02. The summed E-state index contributed by atoms with van der Waals surface area (Å²) in [5.74, 6) is 0.556. The van der Waals surface area contributed by atoms with Crippen molar-refractivity contribution in [3.8, 4) is 0 Å². The number of aliphatic imine (C=N–C) groups is 1. The highest BCUT2D eigenvalue weighted by Gasteiger charge is 1.90. The third kappa shape index (κ3) is 9.36. The van der Waals surface area contributed by atoms with Gasteiger partial charge in [0.2, 0.25) is 0 Å². The normalized spacial score (nSPS) is 13.7. The molecule has 0 unspecified atom stereocenters. The second-order valence-electron chi connectivity index (χ2n) is 3.08. The Hall–Kier alpha value is -0.640. The van der Waals surface area contributed by atoms with Crippen LogP contribution in [-0.4, -0.2) is 20.9 Å². The number of sulfone groups is 1. The molecule has 0 aromatic heterocycles. The summed E-state index contributed by atoms with van der Waals surface area (Å²) in [4.78, 5) is 3.81. The molecule has 0 saturated heterocycles. The van der Waals surface area contributed by atoms with E-state index < -0.39 is 9.84 Å². The summed E-state index contributed by atoms with van der Waals surface area (Å²) in [6.45, 7) is 4.15. The third-order valence-electron chi connectivity index (χ3n) is 1.08. The monoisotopic (exact) mass is 189 g/mol. The molecule has 0 aliphatic heterocycles. The second-order valence-corrected chi connectivity index (χ2v) is 5.01. The van der Waals surface area contributed by atoms with E-state index in [0.29, 0.717) is 5.92 Å². The first-order valence-electron chi connectivity index (χ1n) is 3.80. The Morgan fingerprint density at radius 3 is 2.42 bits per heavy atom. The Kier molecular flexibility index (Phi) is 4.81. The molecule has 0 N–H and O–H groups in total. The minimum absolute atomic E-state index is 0.556. The standard InChI is InChI=1S/C8H15NO2S/c1-8(2)4-5-9-6-7-12(3,10)11/h5-8H,4H2,1-3H3/b7-6+,9-5?. The Morgan fingerprint density at radius 1 is 1.42 bits per heavy atom. The van der Waals surface area contributed by atoms with E-state index in [1.165, 1.54) is 6.20 Å². The van der Waals surface area contributed by atoms with Gasteiger partial charge in [-0.3, -0.25) is 4.99 Å². The Balaban J connectivity index is 3.83. The van der Waals surface area contributed by atoms with E-state index in [1.54, 1.807) is 6.21 Å². The third-order valence-corrected chi connectivity index (χ3v) is 1.69. The van der Waals surface area contributed by atoms with Gasteiger partial charge in [0.15, 0.2) is 9.84 Å². The van der Waals surface area contributed by atoms with Crippen molar-refractivity contribution in [2.45, 2.75) is 20.3 Å². The lowest BCUT2D eigenvalue weighted by Gasteiger charge is -1.93. The molecule has 0 bridgehead atoms. The van der Waals surface area contributed by atoms with Crippen LogP contribution in [0.15, 0.2) is 16.6 Å². The van der Waals surface area contributed by atoms with Crippen LogP contribution in [0.3, 0.4) is 0 Å². The maximum Gasteiger partial charge on any atom is 0.170 e. The summed E-state index contributed by atoms with van der Waals surface area (Å²) < 4.78 is 21.1. The number of hydrogen-bond donors (Lipinski definition) is 0. The van der Waals surface area contributed by atoms with Crippen LogP contribution in [0.2, 0.25) is 0 Å². The summed E-state index contributed by atoms with van der Waals surface area (Å²) in [6.07, 6.45) is 5.03. The first-order chi connectivity index (χ1) is 5.42. The summed E-state index contributed by atoms with van der Waals surface area (Å²) in [5.41, 5.74) is 0. The van der Waals surface area contributed by atoms with E-state index >= 15 is 0 Å². The average Bonchev–Trinajstić information content (AvgIpc) is 1.83. The van der Waals surface area contributed by atoms with Gasteiger partial charge in [0.1, 0.15) is 0 Å². The highest BCUT2D eigenvalue weighted by atomic mass is 32.2. The highest BCUT2D eigenvalue weighted by Crippen LogP contribution is 1.95. The Bertz CT molecular complexity index is 263. The topological polar surface area (TPSA) is 46.5 Å². The lowest BCUT2D eigenvalue weighted by Crippen LogP contribution is -1.88. The van der Waals surface area contributed by atoms with Gasteiger partial charge in [0, 0.05) is 24.1 Å². The number of nitrogens with zero attached hydrogens (tertiary/aromatic N) is 1. The predicted octanol–water partition coefficient (Wildman–Crippen LogP) is 1.62. The van der Waals surface area contributed by atoms with Gasteiger partial charge < -0.3 is 0 Å². The molecule has 4 heteroatoms. The van der Waals surface area contributed by atoms with E-state index in [1.807, 2.05) is 0 Å². The predicted molar refractivity (Wildman–Crippen MR) is 51.9 cm³/mol. The molecule has 0 spiro atoms. The Morgan fingerprint density at radius 2 is 2.00 bits per heavy atom. The molecule has 70 valence electrons. The van der Waals surface area contributed by atoms with E-state index in [0.717, 1.165) is 18.1 Å². The molecule has 0 rings (SSSR count). The van der Waals surface area contributed by atoms with Gasteiger partial charge in [0.05, 0.1) is 0 Å². The number of rotatable bonds is 4. The molecule has 0 aromatic carbocycles. The van der Waals surface area contributed by atoms with Crippen LogP contribution in [-0.2, 0) is 9.84 Å². The first-order valence-corrected chi connectivity index (χ1v) is 5.75. The average molecular weight is 189 g/mol. The van der Waals surface area contributed by atoms with E-state index in [4.69, 9.17) is 0 Å². The quantitative estimate of drug-likeness (QED) is 0.631. The van der Waals surface area contributed by atoms with Crippen molar-refractivity contribution in [3.63, 3.8) is 0 Å². The zero-order valence-corrected chi connectivity index (χ0v) is 8.50. The van der Waals surface area contributed by atoms with Crippen molar-refractivity contribution in [1.29, 1.82) is 0 Å². The van der Waals surface area contributed by atoms with E-state index in [9.17, 15) is 8.42 Å². The summed E-state index contributed by atoms with van der Waals surface area (Å²) in [5, 5.41) is 1.09. The molecule has 0 saturated carbocycles. The van der Waals surface area contributed by atoms with Gasteiger partial charge in [-0.1, -0.05) is 13.8 Å². The van der Waals surface area contributed by atoms with Crippen LogP contribution in [0.4, 0.5) is 0 Å². The van der Waals surface area contributed by atoms with Crippen molar-refractivity contribution in [2.24, 2.45) is 10.9 Å². The van der Waals surface area contributed by atoms with Crippen LogP contribution in [0.5, 0.6) is 0 Å². The highest BCUT2D eigenvalue weighted by molar-refractivity contribution is 7.93. The van der Waals surface area contributed by atoms with Gasteiger partial charge in [-0.25, -0.2) is 8.42 Å². The summed E-state index contributed by atoms with van der Waals surface area (Å²) in [6, 6.07) is 0. The van der Waals surface area contributed by atoms with Crippen molar-refractivity contribution < 1.29 is 8.42 Å². The summed E-state index contributed by atoms with van der Waals surface area (Å²) >= 11 is 0. The smallest absolute Gasteiger partial charge is 0.170 e. The zero-order chi connectivity index (χ0) is 9.61. The maximum absolute atomic E-state index is 10.6. The van der Waals surface area contributed by atoms with Crippen molar-refractivity contribution in [3.05, 3.63) is 11.6 Å². The molecule has 0 radical (unpaired) electrons. The molecule has 0 heterocycles. The molecule has 0 aliphatic rings. The van der Waals surface area contributed by atoms with E-state index in [-0.39, 0.29) is 0 Å². The van der Waals surface area contributed by atoms with Gasteiger partial charge in [-0.2, -0.15) is 0 Å². The van der Waals surface area contributed by atoms with Crippen molar-refractivity contribution in [2.75, 3.05) is 6.26 Å². The fraction of sp³-hybridized carbons (Fsp3) is 0.625. The SMILES string of the molecule is CC(C)CC=N/C=C/S(C)(=O)=O. The molecule has 0 aliphatic carbocycles. The lowest BCUT2D eigenvalue weighted by atomic mass is 10.2. The van der Waals surface area contributed by atoms with Gasteiger partial charge in [-0.15, -0.1) is 0 Å². The largest absolute Gasteiger partial charge is 0.268 e. The minimum Gasteiger partial charge on any atom is -0.268 e. The lowest BCUT2D eigenvalue weighted by molar-refractivity contribution is 0.610. The molecule has 0 fully saturated rings. The van der Waals surface area contributed by atoms with Crippen LogP contribution in [0, 0.1) is 5.92 Å². The van der Waals surface area contributed by atoms with Gasteiger partial charge in [-0.05, 0) is 12.3 Å². The van der Waals surface area contributed by atoms with Crippen LogP contribution in [0.25, 0.3) is 0 Å². The maximum atomic E-state index is 10.6. The molecule has 12 heavy (non-hydrogen) atoms. The zero-order valence-electron chi connectivity index (χ0n) is 7.69. The fourth-order valence-electron chi connectivity index (χ4n) is 0.478. The molecular weight excluding hydrogens is 174 g/mol. The van der Waals surface area contributed by atoms with Gasteiger partial charge in [0.25, 0.3) is 0 Å². The Labute approximate surface area is 74.1 Å². The second kappa shape index (κ2) is 5.09. The molecular formula is C8H15NO2S. The minimum atomic E-state index is -3.02. The number of hydrogen-bond acceptors (Lipinski definition) is 3. The molecule has 3 nitrogen and oxygen atoms in total.